The molecule has 7 heteroatoms. The lowest BCUT2D eigenvalue weighted by Gasteiger charge is -2.14. The van der Waals surface area contributed by atoms with Crippen LogP contribution in [0, 0.1) is 0 Å². The van der Waals surface area contributed by atoms with Crippen molar-refractivity contribution in [1.29, 1.82) is 0 Å². The van der Waals surface area contributed by atoms with Crippen molar-refractivity contribution in [3.05, 3.63) is 11.9 Å². The molecule has 2 fully saturated rings. The number of rotatable bonds is 8. The summed E-state index contributed by atoms with van der Waals surface area (Å²) in [5, 5.41) is 11.8. The van der Waals surface area contributed by atoms with E-state index in [2.05, 4.69) is 20.5 Å². The molecule has 3 rings (SSSR count). The summed E-state index contributed by atoms with van der Waals surface area (Å²) in [7, 11) is 3.49. The summed E-state index contributed by atoms with van der Waals surface area (Å²) in [4.78, 5) is 2.35. The van der Waals surface area contributed by atoms with E-state index < -0.39 is 0 Å². The van der Waals surface area contributed by atoms with Crippen molar-refractivity contribution < 1.29 is 9.47 Å². The molecule has 0 radical (unpaired) electrons. The largest absolute Gasteiger partial charge is 0.377 e. The third kappa shape index (κ3) is 4.00. The molecule has 118 valence electrons. The van der Waals surface area contributed by atoms with Crippen molar-refractivity contribution in [2.75, 3.05) is 33.9 Å². The Kier molecular flexibility index (Phi) is 4.84. The molecule has 0 aromatic carbocycles. The van der Waals surface area contributed by atoms with E-state index in [0.29, 0.717) is 6.04 Å². The molecule has 2 unspecified atom stereocenters. The van der Waals surface area contributed by atoms with Gasteiger partial charge in [-0.2, -0.15) is 0 Å². The highest BCUT2D eigenvalue weighted by Crippen LogP contribution is 2.19. The zero-order chi connectivity index (χ0) is 14.7. The van der Waals surface area contributed by atoms with Gasteiger partial charge in [-0.25, -0.2) is 0 Å². The quantitative estimate of drug-likeness (QED) is 0.721. The first-order chi connectivity index (χ1) is 10.3. The molecule has 1 N–H and O–H groups in total. The van der Waals surface area contributed by atoms with Crippen LogP contribution in [0.5, 0.6) is 0 Å². The van der Waals surface area contributed by atoms with Crippen LogP contribution in [0.1, 0.15) is 18.5 Å². The third-order valence-corrected chi connectivity index (χ3v) is 4.28. The molecule has 2 heterocycles. The molecule has 1 aromatic rings. The molecule has 1 aromatic heterocycles. The van der Waals surface area contributed by atoms with Gasteiger partial charge >= 0.3 is 0 Å². The highest BCUT2D eigenvalue weighted by atomic mass is 16.5. The fraction of sp³-hybridized carbons (Fsp3) is 0.857. The van der Waals surface area contributed by atoms with Gasteiger partial charge in [-0.3, -0.25) is 9.58 Å². The van der Waals surface area contributed by atoms with Crippen molar-refractivity contribution in [3.8, 4) is 0 Å². The third-order valence-electron chi connectivity index (χ3n) is 4.28. The highest BCUT2D eigenvalue weighted by Gasteiger charge is 2.32. The first-order valence-electron chi connectivity index (χ1n) is 7.69. The summed E-state index contributed by atoms with van der Waals surface area (Å²) in [6, 6.07) is 0.705. The van der Waals surface area contributed by atoms with Crippen LogP contribution in [0.15, 0.2) is 6.20 Å². The summed E-state index contributed by atoms with van der Waals surface area (Å²) < 4.78 is 12.8. The van der Waals surface area contributed by atoms with E-state index in [1.54, 1.807) is 14.2 Å². The maximum atomic E-state index is 5.45. The standard InChI is InChI=1S/C14H25N5O2/c1-20-13-9-18(10-14(13)21-2)5-6-19-8-12(16-17-19)7-15-11-3-4-11/h8,11,13-15H,3-7,9-10H2,1-2H3. The molecule has 1 saturated heterocycles. The van der Waals surface area contributed by atoms with E-state index in [4.69, 9.17) is 9.47 Å². The molecule has 7 nitrogen and oxygen atoms in total. The number of ether oxygens (including phenoxy) is 2. The number of hydrogen-bond acceptors (Lipinski definition) is 6. The minimum atomic E-state index is 0.170. The number of methoxy groups -OCH3 is 2. The Morgan fingerprint density at radius 1 is 1.19 bits per heavy atom. The average Bonchev–Trinajstić information content (AvgIpc) is 3.08. The lowest BCUT2D eigenvalue weighted by Crippen LogP contribution is -2.27. The summed E-state index contributed by atoms with van der Waals surface area (Å²) >= 11 is 0. The van der Waals surface area contributed by atoms with Crippen molar-refractivity contribution >= 4 is 0 Å². The van der Waals surface area contributed by atoms with Crippen LogP contribution in [0.25, 0.3) is 0 Å². The zero-order valence-electron chi connectivity index (χ0n) is 12.9. The van der Waals surface area contributed by atoms with Gasteiger partial charge in [0.2, 0.25) is 0 Å². The van der Waals surface area contributed by atoms with Crippen LogP contribution in [-0.4, -0.2) is 72.0 Å². The van der Waals surface area contributed by atoms with E-state index in [1.807, 2.05) is 10.9 Å². The van der Waals surface area contributed by atoms with Crippen LogP contribution in [-0.2, 0) is 22.6 Å². The summed E-state index contributed by atoms with van der Waals surface area (Å²) in [6.45, 7) is 4.45. The Balaban J connectivity index is 1.42. The van der Waals surface area contributed by atoms with Crippen LogP contribution < -0.4 is 5.32 Å². The Morgan fingerprint density at radius 3 is 2.52 bits per heavy atom. The SMILES string of the molecule is COC1CN(CCn2cc(CNC3CC3)nn2)CC1OC. The van der Waals surface area contributed by atoms with E-state index >= 15 is 0 Å². The molecule has 0 bridgehead atoms. The van der Waals surface area contributed by atoms with Crippen molar-refractivity contribution in [2.24, 2.45) is 0 Å². The number of likely N-dealkylation sites (tertiary alicyclic amines) is 1. The molecule has 1 saturated carbocycles. The van der Waals surface area contributed by atoms with Crippen LogP contribution >= 0.6 is 0 Å². The molecule has 1 aliphatic carbocycles. The molecule has 2 aliphatic rings. The second-order valence-electron chi connectivity index (χ2n) is 5.94. The monoisotopic (exact) mass is 295 g/mol. The Morgan fingerprint density at radius 2 is 1.90 bits per heavy atom. The van der Waals surface area contributed by atoms with Crippen LogP contribution in [0.2, 0.25) is 0 Å². The van der Waals surface area contributed by atoms with E-state index in [1.165, 1.54) is 12.8 Å². The van der Waals surface area contributed by atoms with E-state index in [0.717, 1.165) is 38.4 Å². The normalized spacial score (nSPS) is 26.6. The second-order valence-corrected chi connectivity index (χ2v) is 5.94. The van der Waals surface area contributed by atoms with Gasteiger partial charge < -0.3 is 14.8 Å². The fourth-order valence-electron chi connectivity index (χ4n) is 2.76. The second kappa shape index (κ2) is 6.83. The van der Waals surface area contributed by atoms with Gasteiger partial charge in [0.05, 0.1) is 24.4 Å². The topological polar surface area (TPSA) is 64.4 Å². The maximum absolute atomic E-state index is 5.45. The van der Waals surface area contributed by atoms with Gasteiger partial charge in [0.1, 0.15) is 0 Å². The summed E-state index contributed by atoms with van der Waals surface area (Å²) in [6.07, 6.45) is 4.97. The van der Waals surface area contributed by atoms with Crippen molar-refractivity contribution in [3.63, 3.8) is 0 Å². The van der Waals surface area contributed by atoms with Crippen molar-refractivity contribution in [1.82, 2.24) is 25.2 Å². The van der Waals surface area contributed by atoms with Gasteiger partial charge in [-0.1, -0.05) is 5.21 Å². The van der Waals surface area contributed by atoms with Gasteiger partial charge in [0, 0.05) is 52.6 Å². The number of nitrogens with zero attached hydrogens (tertiary/aromatic N) is 4. The van der Waals surface area contributed by atoms with E-state index in [-0.39, 0.29) is 12.2 Å². The average molecular weight is 295 g/mol. The highest BCUT2D eigenvalue weighted by molar-refractivity contribution is 4.94. The first kappa shape index (κ1) is 14.9. The zero-order valence-corrected chi connectivity index (χ0v) is 12.9. The van der Waals surface area contributed by atoms with Gasteiger partial charge in [-0.05, 0) is 12.8 Å². The summed E-state index contributed by atoms with van der Waals surface area (Å²) in [5.74, 6) is 0. The number of aromatic nitrogens is 3. The first-order valence-corrected chi connectivity index (χ1v) is 7.69. The molecule has 21 heavy (non-hydrogen) atoms. The molecular formula is C14H25N5O2. The van der Waals surface area contributed by atoms with Crippen molar-refractivity contribution in [2.45, 2.75) is 44.2 Å². The van der Waals surface area contributed by atoms with Gasteiger partial charge in [-0.15, -0.1) is 5.10 Å². The van der Waals surface area contributed by atoms with Crippen LogP contribution in [0.3, 0.4) is 0 Å². The predicted octanol–water partition coefficient (Wildman–Crippen LogP) is -0.124. The lowest BCUT2D eigenvalue weighted by atomic mass is 10.3. The Bertz CT molecular complexity index is 436. The molecule has 1 aliphatic heterocycles. The molecule has 2 atom stereocenters. The Hall–Kier alpha value is -1.02. The minimum absolute atomic E-state index is 0.170. The smallest absolute Gasteiger partial charge is 0.0971 e. The van der Waals surface area contributed by atoms with E-state index in [9.17, 15) is 0 Å². The summed E-state index contributed by atoms with van der Waals surface area (Å²) in [5.41, 5.74) is 1.02. The maximum Gasteiger partial charge on any atom is 0.0971 e. The fourth-order valence-corrected chi connectivity index (χ4v) is 2.76. The minimum Gasteiger partial charge on any atom is -0.377 e. The number of nitrogens with one attached hydrogen (secondary N) is 1. The van der Waals surface area contributed by atoms with Gasteiger partial charge in [0.25, 0.3) is 0 Å². The molecule has 0 spiro atoms. The predicted molar refractivity (Wildman–Crippen MR) is 77.9 cm³/mol. The van der Waals surface area contributed by atoms with Gasteiger partial charge in [0.15, 0.2) is 0 Å². The lowest BCUT2D eigenvalue weighted by molar-refractivity contribution is -0.00461. The Labute approximate surface area is 125 Å². The van der Waals surface area contributed by atoms with Crippen LogP contribution in [0.4, 0.5) is 0 Å². The number of hydrogen-bond donors (Lipinski definition) is 1. The molecular weight excluding hydrogens is 270 g/mol. The molecule has 0 amide bonds.